The fourth-order valence-corrected chi connectivity index (χ4v) is 2.68. The van der Waals surface area contributed by atoms with E-state index in [4.69, 9.17) is 9.47 Å². The lowest BCUT2D eigenvalue weighted by Gasteiger charge is -2.38. The topological polar surface area (TPSA) is 59.1 Å². The number of benzene rings is 1. The van der Waals surface area contributed by atoms with E-state index in [1.807, 2.05) is 6.92 Å². The smallest absolute Gasteiger partial charge is 0.254 e. The summed E-state index contributed by atoms with van der Waals surface area (Å²) in [5, 5.41) is 0. The first kappa shape index (κ1) is 17.3. The van der Waals surface area contributed by atoms with Crippen LogP contribution in [0.5, 0.6) is 5.75 Å². The molecule has 1 aromatic rings. The highest BCUT2D eigenvalue weighted by Crippen LogP contribution is 2.20. The Bertz CT molecular complexity index is 561. The molecule has 1 atom stereocenters. The maximum absolute atomic E-state index is 12.8. The molecule has 1 aliphatic rings. The molecule has 0 N–H and O–H groups in total. The summed E-state index contributed by atoms with van der Waals surface area (Å²) < 4.78 is 10.5. The lowest BCUT2D eigenvalue weighted by atomic mass is 10.1. The second-order valence-corrected chi connectivity index (χ2v) is 5.55. The van der Waals surface area contributed by atoms with E-state index >= 15 is 0 Å². The fraction of sp³-hybridized carbons (Fsp3) is 0.529. The zero-order chi connectivity index (χ0) is 16.8. The third kappa shape index (κ3) is 4.01. The highest BCUT2D eigenvalue weighted by Gasteiger charge is 2.34. The molecule has 0 bridgehead atoms. The van der Waals surface area contributed by atoms with E-state index in [1.165, 1.54) is 0 Å². The zero-order valence-electron chi connectivity index (χ0n) is 13.9. The Morgan fingerprint density at radius 2 is 2.09 bits per heavy atom. The lowest BCUT2D eigenvalue weighted by Crippen LogP contribution is -2.57. The van der Waals surface area contributed by atoms with Crippen LogP contribution in [0.3, 0.4) is 0 Å². The number of ether oxygens (including phenoxy) is 2. The summed E-state index contributed by atoms with van der Waals surface area (Å²) >= 11 is 0. The predicted molar refractivity (Wildman–Crippen MR) is 86.6 cm³/mol. The number of amides is 2. The van der Waals surface area contributed by atoms with Crippen LogP contribution in [0.4, 0.5) is 0 Å². The minimum Gasteiger partial charge on any atom is -0.491 e. The predicted octanol–water partition coefficient (Wildman–Crippen LogP) is 1.40. The van der Waals surface area contributed by atoms with Crippen LogP contribution >= 0.6 is 0 Å². The first-order chi connectivity index (χ1) is 11.1. The van der Waals surface area contributed by atoms with Crippen molar-refractivity contribution in [1.29, 1.82) is 0 Å². The second kappa shape index (κ2) is 7.97. The van der Waals surface area contributed by atoms with Gasteiger partial charge in [-0.05, 0) is 24.6 Å². The van der Waals surface area contributed by atoms with Crippen molar-refractivity contribution in [1.82, 2.24) is 9.80 Å². The molecule has 23 heavy (non-hydrogen) atoms. The molecular formula is C17H24N2O4. The second-order valence-electron chi connectivity index (χ2n) is 5.55. The van der Waals surface area contributed by atoms with Crippen LogP contribution in [0.25, 0.3) is 0 Å². The molecule has 1 heterocycles. The van der Waals surface area contributed by atoms with Gasteiger partial charge in [-0.15, -0.1) is 0 Å². The number of methoxy groups -OCH3 is 1. The summed E-state index contributed by atoms with van der Waals surface area (Å²) in [5.74, 6) is 0.497. The molecule has 0 spiro atoms. The van der Waals surface area contributed by atoms with Gasteiger partial charge in [-0.3, -0.25) is 9.59 Å². The van der Waals surface area contributed by atoms with E-state index in [-0.39, 0.29) is 17.9 Å². The van der Waals surface area contributed by atoms with E-state index in [2.05, 4.69) is 0 Å². The number of hydrogen-bond donors (Lipinski definition) is 0. The molecule has 1 unspecified atom stereocenters. The van der Waals surface area contributed by atoms with Crippen LogP contribution in [0.2, 0.25) is 0 Å². The van der Waals surface area contributed by atoms with Gasteiger partial charge in [-0.25, -0.2) is 0 Å². The molecule has 1 aromatic carbocycles. The van der Waals surface area contributed by atoms with Gasteiger partial charge in [0.2, 0.25) is 5.91 Å². The van der Waals surface area contributed by atoms with Crippen LogP contribution in [0.1, 0.15) is 23.7 Å². The molecule has 2 rings (SSSR count). The summed E-state index contributed by atoms with van der Waals surface area (Å²) in [4.78, 5) is 28.4. The standard InChI is InChI=1S/C17H24N2O4/c1-4-15-17(21)18(2)8-9-19(15)16(20)13-6-5-7-14(12-13)23-11-10-22-3/h5-7,12,15H,4,8-11H2,1-3H3. The van der Waals surface area contributed by atoms with Crippen LogP contribution < -0.4 is 4.74 Å². The minimum atomic E-state index is -0.390. The van der Waals surface area contributed by atoms with E-state index in [1.54, 1.807) is 48.2 Å². The summed E-state index contributed by atoms with van der Waals surface area (Å²) in [6.45, 7) is 3.95. The van der Waals surface area contributed by atoms with Gasteiger partial charge in [0.25, 0.3) is 5.91 Å². The van der Waals surface area contributed by atoms with Gasteiger partial charge in [0, 0.05) is 32.8 Å². The van der Waals surface area contributed by atoms with E-state index in [9.17, 15) is 9.59 Å². The van der Waals surface area contributed by atoms with Gasteiger partial charge in [0.15, 0.2) is 0 Å². The molecule has 1 saturated heterocycles. The lowest BCUT2D eigenvalue weighted by molar-refractivity contribution is -0.138. The first-order valence-corrected chi connectivity index (χ1v) is 7.86. The Hall–Kier alpha value is -2.08. The van der Waals surface area contributed by atoms with E-state index in [0.29, 0.717) is 44.0 Å². The highest BCUT2D eigenvalue weighted by atomic mass is 16.5. The fourth-order valence-electron chi connectivity index (χ4n) is 2.68. The Labute approximate surface area is 137 Å². The van der Waals surface area contributed by atoms with E-state index in [0.717, 1.165) is 0 Å². The summed E-state index contributed by atoms with van der Waals surface area (Å²) in [5.41, 5.74) is 0.538. The van der Waals surface area contributed by atoms with Crippen molar-refractivity contribution in [3.63, 3.8) is 0 Å². The number of nitrogens with zero attached hydrogens (tertiary/aromatic N) is 2. The number of carbonyl (C=O) groups excluding carboxylic acids is 2. The maximum Gasteiger partial charge on any atom is 0.254 e. The van der Waals surface area contributed by atoms with Crippen LogP contribution in [0.15, 0.2) is 24.3 Å². The van der Waals surface area contributed by atoms with Crippen molar-refractivity contribution < 1.29 is 19.1 Å². The number of hydrogen-bond acceptors (Lipinski definition) is 4. The molecule has 0 radical (unpaired) electrons. The first-order valence-electron chi connectivity index (χ1n) is 7.86. The van der Waals surface area contributed by atoms with Crippen molar-refractivity contribution in [3.05, 3.63) is 29.8 Å². The van der Waals surface area contributed by atoms with Crippen molar-refractivity contribution >= 4 is 11.8 Å². The molecule has 2 amide bonds. The van der Waals surface area contributed by atoms with Crippen LogP contribution in [0, 0.1) is 0 Å². The largest absolute Gasteiger partial charge is 0.491 e. The molecule has 6 nitrogen and oxygen atoms in total. The molecule has 6 heteroatoms. The summed E-state index contributed by atoms with van der Waals surface area (Å²) in [7, 11) is 3.38. The molecule has 0 aliphatic carbocycles. The Morgan fingerprint density at radius 1 is 1.30 bits per heavy atom. The van der Waals surface area contributed by atoms with Crippen molar-refractivity contribution in [2.24, 2.45) is 0 Å². The maximum atomic E-state index is 12.8. The number of rotatable bonds is 6. The van der Waals surface area contributed by atoms with Gasteiger partial charge in [0.05, 0.1) is 6.61 Å². The quantitative estimate of drug-likeness (QED) is 0.744. The van der Waals surface area contributed by atoms with E-state index < -0.39 is 0 Å². The minimum absolute atomic E-state index is 0.000371. The molecule has 1 fully saturated rings. The Kier molecular flexibility index (Phi) is 5.98. The normalized spacial score (nSPS) is 18.2. The molecular weight excluding hydrogens is 296 g/mol. The Balaban J connectivity index is 2.13. The molecule has 0 aromatic heterocycles. The zero-order valence-corrected chi connectivity index (χ0v) is 13.9. The molecule has 0 saturated carbocycles. The van der Waals surface area contributed by atoms with Gasteiger partial charge in [-0.2, -0.15) is 0 Å². The highest BCUT2D eigenvalue weighted by molar-refractivity contribution is 5.98. The number of carbonyl (C=O) groups is 2. The number of piperazine rings is 1. The van der Waals surface area contributed by atoms with Crippen molar-refractivity contribution in [3.8, 4) is 5.75 Å². The summed E-state index contributed by atoms with van der Waals surface area (Å²) in [6.07, 6.45) is 0.610. The average molecular weight is 320 g/mol. The molecule has 126 valence electrons. The van der Waals surface area contributed by atoms with Crippen molar-refractivity contribution in [2.45, 2.75) is 19.4 Å². The average Bonchev–Trinajstić information content (AvgIpc) is 2.57. The monoisotopic (exact) mass is 320 g/mol. The van der Waals surface area contributed by atoms with Crippen LogP contribution in [-0.2, 0) is 9.53 Å². The van der Waals surface area contributed by atoms with Gasteiger partial charge in [-0.1, -0.05) is 13.0 Å². The Morgan fingerprint density at radius 3 is 2.78 bits per heavy atom. The van der Waals surface area contributed by atoms with Gasteiger partial charge in [0.1, 0.15) is 18.4 Å². The third-order valence-electron chi connectivity index (χ3n) is 4.00. The summed E-state index contributed by atoms with van der Waals surface area (Å²) in [6, 6.07) is 6.67. The SMILES string of the molecule is CCC1C(=O)N(C)CCN1C(=O)c1cccc(OCCOC)c1. The number of likely N-dealkylation sites (N-methyl/N-ethyl adjacent to an activating group) is 1. The van der Waals surface area contributed by atoms with Crippen LogP contribution in [-0.4, -0.2) is 68.1 Å². The van der Waals surface area contributed by atoms with Crippen molar-refractivity contribution in [2.75, 3.05) is 40.5 Å². The van der Waals surface area contributed by atoms with Gasteiger partial charge < -0.3 is 19.3 Å². The van der Waals surface area contributed by atoms with Gasteiger partial charge >= 0.3 is 0 Å². The third-order valence-corrected chi connectivity index (χ3v) is 4.00. The molecule has 1 aliphatic heterocycles.